The Bertz CT molecular complexity index is 509. The molecule has 7 heteroatoms. The van der Waals surface area contributed by atoms with E-state index in [2.05, 4.69) is 5.32 Å². The molecule has 3 rings (SSSR count). The first-order valence-corrected chi connectivity index (χ1v) is 8.90. The summed E-state index contributed by atoms with van der Waals surface area (Å²) in [6.45, 7) is 1.37. The zero-order valence-corrected chi connectivity index (χ0v) is 14.0. The fourth-order valence-electron chi connectivity index (χ4n) is 4.24. The van der Waals surface area contributed by atoms with Crippen LogP contribution in [0.5, 0.6) is 0 Å². The maximum absolute atomic E-state index is 12.7. The average molecular weight is 338 g/mol. The van der Waals surface area contributed by atoms with Crippen LogP contribution < -0.4 is 5.32 Å². The number of amides is 2. The summed E-state index contributed by atoms with van der Waals surface area (Å²) >= 11 is 0. The first-order chi connectivity index (χ1) is 11.5. The molecule has 1 atom stereocenters. The lowest BCUT2D eigenvalue weighted by Crippen LogP contribution is -2.55. The van der Waals surface area contributed by atoms with Crippen LogP contribution in [-0.2, 0) is 19.1 Å². The Labute approximate surface area is 141 Å². The van der Waals surface area contributed by atoms with Crippen LogP contribution in [0.4, 0.5) is 0 Å². The molecule has 0 bridgehead atoms. The Kier molecular flexibility index (Phi) is 5.08. The van der Waals surface area contributed by atoms with Gasteiger partial charge >= 0.3 is 5.97 Å². The Morgan fingerprint density at radius 3 is 2.54 bits per heavy atom. The summed E-state index contributed by atoms with van der Waals surface area (Å²) in [6, 6.07) is 0.284. The van der Waals surface area contributed by atoms with E-state index in [0.29, 0.717) is 32.6 Å². The van der Waals surface area contributed by atoms with E-state index < -0.39 is 11.5 Å². The molecule has 3 fully saturated rings. The number of nitrogens with one attached hydrogen (secondary N) is 1. The van der Waals surface area contributed by atoms with Crippen molar-refractivity contribution < 1.29 is 24.2 Å². The Morgan fingerprint density at radius 1 is 1.25 bits per heavy atom. The van der Waals surface area contributed by atoms with Gasteiger partial charge in [0.2, 0.25) is 11.8 Å². The van der Waals surface area contributed by atoms with E-state index in [-0.39, 0.29) is 36.6 Å². The number of carboxylic acid groups (broad SMARTS) is 1. The predicted molar refractivity (Wildman–Crippen MR) is 85.3 cm³/mol. The van der Waals surface area contributed by atoms with E-state index in [1.54, 1.807) is 0 Å². The summed E-state index contributed by atoms with van der Waals surface area (Å²) in [4.78, 5) is 38.0. The van der Waals surface area contributed by atoms with Crippen molar-refractivity contribution in [2.24, 2.45) is 5.92 Å². The number of hydrogen-bond donors (Lipinski definition) is 2. The van der Waals surface area contributed by atoms with Crippen LogP contribution in [0.1, 0.15) is 51.4 Å². The third-order valence-corrected chi connectivity index (χ3v) is 5.62. The minimum atomic E-state index is -0.924. The number of carboxylic acids is 1. The topological polar surface area (TPSA) is 95.9 Å². The first-order valence-electron chi connectivity index (χ1n) is 8.90. The van der Waals surface area contributed by atoms with Crippen molar-refractivity contribution in [1.29, 1.82) is 0 Å². The van der Waals surface area contributed by atoms with E-state index in [0.717, 1.165) is 25.7 Å². The molecule has 1 unspecified atom stereocenters. The molecule has 0 aromatic heterocycles. The molecule has 2 N–H and O–H groups in total. The highest BCUT2D eigenvalue weighted by molar-refractivity contribution is 5.90. The number of ether oxygens (including phenoxy) is 1. The summed E-state index contributed by atoms with van der Waals surface area (Å²) in [5.74, 6) is -1.42. The maximum atomic E-state index is 12.7. The first kappa shape index (κ1) is 17.2. The van der Waals surface area contributed by atoms with Crippen molar-refractivity contribution in [2.45, 2.75) is 62.9 Å². The molecule has 0 aromatic rings. The SMILES string of the molecule is O=C(O)CC1(NC(=O)C2CC(=O)N(C3CCCC3)C2)CCOCC1. The second kappa shape index (κ2) is 7.09. The summed E-state index contributed by atoms with van der Waals surface area (Å²) in [5, 5.41) is 12.1. The normalized spacial score (nSPS) is 27.4. The van der Waals surface area contributed by atoms with Crippen molar-refractivity contribution in [3.8, 4) is 0 Å². The number of nitrogens with zero attached hydrogens (tertiary/aromatic N) is 1. The van der Waals surface area contributed by atoms with E-state index in [9.17, 15) is 19.5 Å². The molecule has 2 saturated heterocycles. The minimum Gasteiger partial charge on any atom is -0.481 e. The van der Waals surface area contributed by atoms with Crippen LogP contribution in [0.25, 0.3) is 0 Å². The third-order valence-electron chi connectivity index (χ3n) is 5.62. The van der Waals surface area contributed by atoms with E-state index in [1.165, 1.54) is 0 Å². The highest BCUT2D eigenvalue weighted by atomic mass is 16.5. The molecular formula is C17H26N2O5. The van der Waals surface area contributed by atoms with Crippen molar-refractivity contribution in [2.75, 3.05) is 19.8 Å². The number of carbonyl (C=O) groups excluding carboxylic acids is 2. The zero-order valence-electron chi connectivity index (χ0n) is 14.0. The number of rotatable bonds is 5. The molecule has 2 aliphatic heterocycles. The van der Waals surface area contributed by atoms with Gasteiger partial charge in [-0.25, -0.2) is 0 Å². The van der Waals surface area contributed by atoms with Crippen LogP contribution in [0, 0.1) is 5.92 Å². The fraction of sp³-hybridized carbons (Fsp3) is 0.824. The highest BCUT2D eigenvalue weighted by Gasteiger charge is 2.42. The predicted octanol–water partition coefficient (Wildman–Crippen LogP) is 0.918. The van der Waals surface area contributed by atoms with E-state index in [1.807, 2.05) is 4.90 Å². The molecule has 0 radical (unpaired) electrons. The van der Waals surface area contributed by atoms with Crippen molar-refractivity contribution in [3.63, 3.8) is 0 Å². The number of carbonyl (C=O) groups is 3. The lowest BCUT2D eigenvalue weighted by Gasteiger charge is -2.37. The van der Waals surface area contributed by atoms with Gasteiger partial charge in [-0.05, 0) is 25.7 Å². The Balaban J connectivity index is 1.62. The summed E-state index contributed by atoms with van der Waals surface area (Å²) in [7, 11) is 0. The summed E-state index contributed by atoms with van der Waals surface area (Å²) < 4.78 is 5.31. The minimum absolute atomic E-state index is 0.0568. The molecule has 2 amide bonds. The molecule has 7 nitrogen and oxygen atoms in total. The van der Waals surface area contributed by atoms with Gasteiger partial charge in [-0.3, -0.25) is 14.4 Å². The Morgan fingerprint density at radius 2 is 1.92 bits per heavy atom. The van der Waals surface area contributed by atoms with Gasteiger partial charge in [0.05, 0.1) is 17.9 Å². The second-order valence-corrected chi connectivity index (χ2v) is 7.34. The van der Waals surface area contributed by atoms with Crippen LogP contribution in [0.2, 0.25) is 0 Å². The van der Waals surface area contributed by atoms with Crippen LogP contribution in [0.15, 0.2) is 0 Å². The van der Waals surface area contributed by atoms with Gasteiger partial charge in [-0.15, -0.1) is 0 Å². The molecule has 0 spiro atoms. The molecular weight excluding hydrogens is 312 g/mol. The summed E-state index contributed by atoms with van der Waals surface area (Å²) in [6.07, 6.45) is 5.48. The van der Waals surface area contributed by atoms with Crippen molar-refractivity contribution in [1.82, 2.24) is 10.2 Å². The highest BCUT2D eigenvalue weighted by Crippen LogP contribution is 2.31. The van der Waals surface area contributed by atoms with Gasteiger partial charge in [0, 0.05) is 32.2 Å². The van der Waals surface area contributed by atoms with E-state index in [4.69, 9.17) is 4.74 Å². The smallest absolute Gasteiger partial charge is 0.305 e. The lowest BCUT2D eigenvalue weighted by atomic mass is 9.85. The zero-order chi connectivity index (χ0) is 17.2. The maximum Gasteiger partial charge on any atom is 0.305 e. The quantitative estimate of drug-likeness (QED) is 0.777. The monoisotopic (exact) mass is 338 g/mol. The number of likely N-dealkylation sites (tertiary alicyclic amines) is 1. The molecule has 24 heavy (non-hydrogen) atoms. The molecule has 0 aromatic carbocycles. The van der Waals surface area contributed by atoms with Gasteiger partial charge in [0.1, 0.15) is 0 Å². The van der Waals surface area contributed by atoms with Crippen LogP contribution in [0.3, 0.4) is 0 Å². The van der Waals surface area contributed by atoms with Gasteiger partial charge in [0.15, 0.2) is 0 Å². The van der Waals surface area contributed by atoms with Crippen LogP contribution in [-0.4, -0.2) is 59.1 Å². The molecule has 2 heterocycles. The average Bonchev–Trinajstić information content (AvgIpc) is 3.16. The van der Waals surface area contributed by atoms with Gasteiger partial charge in [-0.2, -0.15) is 0 Å². The van der Waals surface area contributed by atoms with E-state index >= 15 is 0 Å². The van der Waals surface area contributed by atoms with Crippen LogP contribution >= 0.6 is 0 Å². The summed E-state index contributed by atoms with van der Waals surface area (Å²) in [5.41, 5.74) is -0.745. The molecule has 1 aliphatic carbocycles. The van der Waals surface area contributed by atoms with Crippen molar-refractivity contribution >= 4 is 17.8 Å². The molecule has 3 aliphatic rings. The Hall–Kier alpha value is -1.63. The van der Waals surface area contributed by atoms with Gasteiger partial charge in [-0.1, -0.05) is 12.8 Å². The fourth-order valence-corrected chi connectivity index (χ4v) is 4.24. The second-order valence-electron chi connectivity index (χ2n) is 7.34. The number of hydrogen-bond acceptors (Lipinski definition) is 4. The number of aliphatic carboxylic acids is 1. The standard InChI is InChI=1S/C17H26N2O5/c20-14-9-12(11-19(14)13-3-1-2-4-13)16(23)18-17(10-15(21)22)5-7-24-8-6-17/h12-13H,1-11H2,(H,18,23)(H,21,22). The van der Waals surface area contributed by atoms with Crippen molar-refractivity contribution in [3.05, 3.63) is 0 Å². The van der Waals surface area contributed by atoms with Gasteiger partial charge < -0.3 is 20.1 Å². The molecule has 1 saturated carbocycles. The lowest BCUT2D eigenvalue weighted by molar-refractivity contribution is -0.141. The third kappa shape index (κ3) is 3.71. The molecule has 134 valence electrons. The van der Waals surface area contributed by atoms with Gasteiger partial charge in [0.25, 0.3) is 0 Å². The largest absolute Gasteiger partial charge is 0.481 e.